The maximum absolute atomic E-state index is 5.34. The summed E-state index contributed by atoms with van der Waals surface area (Å²) in [6.45, 7) is 2.84. The summed E-state index contributed by atoms with van der Waals surface area (Å²) in [5.41, 5.74) is 3.48. The van der Waals surface area contributed by atoms with Crippen LogP contribution >= 0.6 is 0 Å². The van der Waals surface area contributed by atoms with Gasteiger partial charge in [0.25, 0.3) is 0 Å². The Labute approximate surface area is 77.9 Å². The number of aromatic nitrogens is 1. The minimum atomic E-state index is 0.690. The molecule has 0 saturated heterocycles. The summed E-state index contributed by atoms with van der Waals surface area (Å²) in [6, 6.07) is 3.77. The Morgan fingerprint density at radius 3 is 3.08 bits per heavy atom. The van der Waals surface area contributed by atoms with Gasteiger partial charge in [0, 0.05) is 24.5 Å². The molecule has 0 unspecified atom stereocenters. The molecule has 0 atom stereocenters. The van der Waals surface area contributed by atoms with Gasteiger partial charge in [-0.1, -0.05) is 6.92 Å². The highest BCUT2D eigenvalue weighted by molar-refractivity contribution is 5.98. The minimum Gasteiger partial charge on any atom is -0.308 e. The van der Waals surface area contributed by atoms with Crippen molar-refractivity contribution in [2.45, 2.75) is 13.3 Å². The van der Waals surface area contributed by atoms with Gasteiger partial charge in [0.1, 0.15) is 5.84 Å². The first-order valence-corrected chi connectivity index (χ1v) is 4.30. The topological polar surface area (TPSA) is 63.3 Å². The van der Waals surface area contributed by atoms with Crippen LogP contribution in [0.3, 0.4) is 0 Å². The molecule has 1 rings (SSSR count). The summed E-state index contributed by atoms with van der Waals surface area (Å²) >= 11 is 0. The maximum Gasteiger partial charge on any atom is 0.144 e. The second kappa shape index (κ2) is 5.27. The Balaban J connectivity index is 2.78. The van der Waals surface area contributed by atoms with E-state index in [1.54, 1.807) is 12.4 Å². The first-order chi connectivity index (χ1) is 6.38. The van der Waals surface area contributed by atoms with Crippen molar-refractivity contribution in [1.82, 2.24) is 10.4 Å². The van der Waals surface area contributed by atoms with Gasteiger partial charge in [-0.05, 0) is 18.6 Å². The molecule has 0 amide bonds. The minimum absolute atomic E-state index is 0.690. The molecular weight excluding hydrogens is 164 g/mol. The zero-order valence-electron chi connectivity index (χ0n) is 7.70. The summed E-state index contributed by atoms with van der Waals surface area (Å²) < 4.78 is 0. The number of nitrogens with two attached hydrogens (primary N) is 1. The van der Waals surface area contributed by atoms with Crippen LogP contribution in [0.15, 0.2) is 29.5 Å². The van der Waals surface area contributed by atoms with Crippen LogP contribution in [-0.2, 0) is 0 Å². The summed E-state index contributed by atoms with van der Waals surface area (Å²) in [4.78, 5) is 8.26. The summed E-state index contributed by atoms with van der Waals surface area (Å²) in [5.74, 6) is 6.03. The molecule has 4 heteroatoms. The molecule has 0 aliphatic rings. The fourth-order valence-electron chi connectivity index (χ4n) is 0.947. The van der Waals surface area contributed by atoms with Crippen molar-refractivity contribution >= 4 is 5.84 Å². The van der Waals surface area contributed by atoms with E-state index in [0.717, 1.165) is 18.5 Å². The van der Waals surface area contributed by atoms with Crippen molar-refractivity contribution < 1.29 is 0 Å². The Hall–Kier alpha value is -1.42. The van der Waals surface area contributed by atoms with Gasteiger partial charge in [0.15, 0.2) is 0 Å². The lowest BCUT2D eigenvalue weighted by Gasteiger charge is -2.03. The van der Waals surface area contributed by atoms with Crippen LogP contribution in [0.4, 0.5) is 0 Å². The van der Waals surface area contributed by atoms with E-state index in [2.05, 4.69) is 22.3 Å². The third-order valence-corrected chi connectivity index (χ3v) is 1.57. The largest absolute Gasteiger partial charge is 0.308 e. The zero-order valence-corrected chi connectivity index (χ0v) is 7.70. The summed E-state index contributed by atoms with van der Waals surface area (Å²) in [6.07, 6.45) is 4.46. The molecule has 1 heterocycles. The number of hydrogen-bond acceptors (Lipinski definition) is 3. The lowest BCUT2D eigenvalue weighted by atomic mass is 10.2. The van der Waals surface area contributed by atoms with Crippen LogP contribution in [0.25, 0.3) is 0 Å². The summed E-state index contributed by atoms with van der Waals surface area (Å²) in [7, 11) is 0. The molecule has 0 fully saturated rings. The van der Waals surface area contributed by atoms with Gasteiger partial charge < -0.3 is 5.43 Å². The number of amidine groups is 1. The number of pyridine rings is 1. The van der Waals surface area contributed by atoms with Gasteiger partial charge in [0.2, 0.25) is 0 Å². The highest BCUT2D eigenvalue weighted by atomic mass is 15.2. The lowest BCUT2D eigenvalue weighted by molar-refractivity contribution is 0.907. The smallest absolute Gasteiger partial charge is 0.144 e. The first kappa shape index (κ1) is 9.67. The molecule has 70 valence electrons. The highest BCUT2D eigenvalue weighted by Crippen LogP contribution is 1.96. The lowest BCUT2D eigenvalue weighted by Crippen LogP contribution is -2.31. The van der Waals surface area contributed by atoms with E-state index in [9.17, 15) is 0 Å². The quantitative estimate of drug-likeness (QED) is 0.310. The Bertz CT molecular complexity index is 268. The zero-order chi connectivity index (χ0) is 9.52. The summed E-state index contributed by atoms with van der Waals surface area (Å²) in [5, 5.41) is 0. The molecule has 0 radical (unpaired) electrons. The van der Waals surface area contributed by atoms with Crippen LogP contribution in [0.5, 0.6) is 0 Å². The standard InChI is InChI=1S/C9H14N4/c1-2-5-12-9(13-10)8-4-3-6-11-7-8/h3-4,6-7H,2,5,10H2,1H3,(H,12,13). The van der Waals surface area contributed by atoms with E-state index < -0.39 is 0 Å². The van der Waals surface area contributed by atoms with Gasteiger partial charge >= 0.3 is 0 Å². The van der Waals surface area contributed by atoms with Gasteiger partial charge in [0.05, 0.1) is 0 Å². The molecular formula is C9H14N4. The Morgan fingerprint density at radius 2 is 2.54 bits per heavy atom. The van der Waals surface area contributed by atoms with Crippen LogP contribution < -0.4 is 11.3 Å². The predicted molar refractivity (Wildman–Crippen MR) is 53.3 cm³/mol. The normalized spacial score (nSPS) is 11.4. The van der Waals surface area contributed by atoms with Gasteiger partial charge in [-0.2, -0.15) is 0 Å². The van der Waals surface area contributed by atoms with Crippen molar-refractivity contribution in [3.8, 4) is 0 Å². The maximum atomic E-state index is 5.34. The molecule has 13 heavy (non-hydrogen) atoms. The average molecular weight is 178 g/mol. The first-order valence-electron chi connectivity index (χ1n) is 4.30. The van der Waals surface area contributed by atoms with Crippen LogP contribution in [0, 0.1) is 0 Å². The van der Waals surface area contributed by atoms with E-state index in [4.69, 9.17) is 5.84 Å². The van der Waals surface area contributed by atoms with E-state index in [-0.39, 0.29) is 0 Å². The Morgan fingerprint density at radius 1 is 1.69 bits per heavy atom. The van der Waals surface area contributed by atoms with Crippen molar-refractivity contribution in [2.24, 2.45) is 10.8 Å². The number of aliphatic imine (C=N–C) groups is 1. The van der Waals surface area contributed by atoms with Crippen LogP contribution in [-0.4, -0.2) is 17.4 Å². The van der Waals surface area contributed by atoms with Crippen molar-refractivity contribution in [2.75, 3.05) is 6.54 Å². The molecule has 1 aromatic rings. The van der Waals surface area contributed by atoms with Crippen LogP contribution in [0.2, 0.25) is 0 Å². The molecule has 0 saturated carbocycles. The SMILES string of the molecule is CCCN=C(NN)c1cccnc1. The molecule has 0 bridgehead atoms. The average Bonchev–Trinajstić information content (AvgIpc) is 2.21. The number of hydrazine groups is 1. The molecule has 0 aliphatic carbocycles. The number of hydrogen-bond donors (Lipinski definition) is 2. The van der Waals surface area contributed by atoms with Crippen molar-refractivity contribution in [3.05, 3.63) is 30.1 Å². The van der Waals surface area contributed by atoms with Crippen molar-refractivity contribution in [1.29, 1.82) is 0 Å². The van der Waals surface area contributed by atoms with Crippen molar-refractivity contribution in [3.63, 3.8) is 0 Å². The van der Waals surface area contributed by atoms with Gasteiger partial charge in [-0.15, -0.1) is 0 Å². The molecule has 0 spiro atoms. The number of nitrogens with one attached hydrogen (secondary N) is 1. The fourth-order valence-corrected chi connectivity index (χ4v) is 0.947. The molecule has 4 nitrogen and oxygen atoms in total. The molecule has 0 aliphatic heterocycles. The molecule has 0 aromatic carbocycles. The molecule has 1 aromatic heterocycles. The second-order valence-corrected chi connectivity index (χ2v) is 2.62. The highest BCUT2D eigenvalue weighted by Gasteiger charge is 1.98. The third kappa shape index (κ3) is 2.83. The number of rotatable bonds is 3. The monoisotopic (exact) mass is 178 g/mol. The number of nitrogens with zero attached hydrogens (tertiary/aromatic N) is 2. The molecule has 3 N–H and O–H groups in total. The van der Waals surface area contributed by atoms with Crippen LogP contribution in [0.1, 0.15) is 18.9 Å². The van der Waals surface area contributed by atoms with E-state index in [1.165, 1.54) is 0 Å². The van der Waals surface area contributed by atoms with E-state index in [0.29, 0.717) is 5.84 Å². The van der Waals surface area contributed by atoms with Gasteiger partial charge in [-0.3, -0.25) is 9.98 Å². The Kier molecular flexibility index (Phi) is 3.92. The van der Waals surface area contributed by atoms with E-state index >= 15 is 0 Å². The van der Waals surface area contributed by atoms with Gasteiger partial charge in [-0.25, -0.2) is 5.84 Å². The fraction of sp³-hybridized carbons (Fsp3) is 0.333. The van der Waals surface area contributed by atoms with E-state index in [1.807, 2.05) is 12.1 Å². The third-order valence-electron chi connectivity index (χ3n) is 1.57. The second-order valence-electron chi connectivity index (χ2n) is 2.62. The predicted octanol–water partition coefficient (Wildman–Crippen LogP) is 0.701.